The summed E-state index contributed by atoms with van der Waals surface area (Å²) < 4.78 is 6.24. The Labute approximate surface area is 226 Å². The number of hydrogen-bond donors (Lipinski definition) is 4. The molecule has 1 aliphatic carbocycles. The molecule has 1 amide bonds. The highest BCUT2D eigenvalue weighted by molar-refractivity contribution is 6.32. The standard InChI is InChI=1S/C26H19Cl2N5O5/c1-38-21-17-8-9-26(36,22(17)33(37)12-19(21)18-10-15(27)5-2-14(18)11-29)24-31-20(23(28)32-24)13-3-6-16(7-4-13)30-25(34)35/h2-7,10,12,30,36H,8-9H2,1H3,(H,31,32)(H,34,35). The van der Waals surface area contributed by atoms with Gasteiger partial charge in [0, 0.05) is 21.8 Å². The van der Waals surface area contributed by atoms with Gasteiger partial charge in [-0.25, -0.2) is 9.78 Å². The minimum Gasteiger partial charge on any atom is -0.618 e. The molecule has 0 saturated carbocycles. The van der Waals surface area contributed by atoms with Crippen LogP contribution in [0, 0.1) is 16.5 Å². The number of nitrogens with zero attached hydrogens (tertiary/aromatic N) is 3. The van der Waals surface area contributed by atoms with Crippen LogP contribution < -0.4 is 14.8 Å². The number of fused-ring (bicyclic) bond motifs is 1. The molecular formula is C26H19Cl2N5O5. The van der Waals surface area contributed by atoms with Crippen LogP contribution in [0.1, 0.15) is 29.1 Å². The van der Waals surface area contributed by atoms with Crippen molar-refractivity contribution >= 4 is 35.0 Å². The minimum absolute atomic E-state index is 0.0385. The molecular weight excluding hydrogens is 533 g/mol. The highest BCUT2D eigenvalue weighted by Gasteiger charge is 2.50. The number of aliphatic hydroxyl groups is 1. The molecule has 2 aromatic heterocycles. The second-order valence-electron chi connectivity index (χ2n) is 8.65. The largest absolute Gasteiger partial charge is 0.618 e. The third kappa shape index (κ3) is 4.16. The molecule has 0 aliphatic heterocycles. The number of halogens is 2. The third-order valence-electron chi connectivity index (χ3n) is 6.46. The summed E-state index contributed by atoms with van der Waals surface area (Å²) in [6, 6.07) is 13.2. The van der Waals surface area contributed by atoms with Gasteiger partial charge in [-0.15, -0.1) is 0 Å². The average molecular weight is 552 g/mol. The fourth-order valence-corrected chi connectivity index (χ4v) is 5.21. The quantitative estimate of drug-likeness (QED) is 0.204. The molecule has 0 bridgehead atoms. The van der Waals surface area contributed by atoms with Gasteiger partial charge < -0.3 is 25.1 Å². The van der Waals surface area contributed by atoms with E-state index in [2.05, 4.69) is 21.4 Å². The molecule has 2 aromatic carbocycles. The number of hydrogen-bond acceptors (Lipinski definition) is 6. The molecule has 1 atom stereocenters. The number of carboxylic acid groups (broad SMARTS) is 1. The van der Waals surface area contributed by atoms with Crippen molar-refractivity contribution < 1.29 is 24.5 Å². The second kappa shape index (κ2) is 9.54. The maximum atomic E-state index is 13.4. The van der Waals surface area contributed by atoms with Gasteiger partial charge in [0.15, 0.2) is 12.0 Å². The van der Waals surface area contributed by atoms with Crippen molar-refractivity contribution in [3.05, 3.63) is 86.7 Å². The first kappa shape index (κ1) is 25.4. The van der Waals surface area contributed by atoms with Crippen LogP contribution in [0.2, 0.25) is 10.2 Å². The van der Waals surface area contributed by atoms with Crippen molar-refractivity contribution in [2.45, 2.75) is 18.4 Å². The Hall–Kier alpha value is -4.30. The van der Waals surface area contributed by atoms with Crippen LogP contribution >= 0.6 is 23.2 Å². The van der Waals surface area contributed by atoms with Crippen molar-refractivity contribution in [2.24, 2.45) is 0 Å². The van der Waals surface area contributed by atoms with E-state index in [0.717, 1.165) is 0 Å². The van der Waals surface area contributed by atoms with Gasteiger partial charge in [0.25, 0.3) is 0 Å². The maximum Gasteiger partial charge on any atom is 0.409 e. The van der Waals surface area contributed by atoms with Crippen LogP contribution in [0.25, 0.3) is 22.4 Å². The fourth-order valence-electron chi connectivity index (χ4n) is 4.80. The fraction of sp³-hybridized carbons (Fsp3) is 0.154. The molecule has 0 radical (unpaired) electrons. The van der Waals surface area contributed by atoms with Crippen molar-refractivity contribution in [1.82, 2.24) is 9.97 Å². The number of pyridine rings is 1. The smallest absolute Gasteiger partial charge is 0.409 e. The minimum atomic E-state index is -1.80. The van der Waals surface area contributed by atoms with Crippen LogP contribution in [0.4, 0.5) is 10.5 Å². The lowest BCUT2D eigenvalue weighted by molar-refractivity contribution is -0.620. The molecule has 0 saturated heterocycles. The summed E-state index contributed by atoms with van der Waals surface area (Å²) in [5.41, 5.74) is 1.09. The molecule has 2 heterocycles. The predicted octanol–water partition coefficient (Wildman–Crippen LogP) is 4.84. The van der Waals surface area contributed by atoms with Crippen molar-refractivity contribution in [1.29, 1.82) is 5.26 Å². The number of H-pyrrole nitrogens is 1. The van der Waals surface area contributed by atoms with E-state index in [1.165, 1.54) is 13.3 Å². The van der Waals surface area contributed by atoms with E-state index in [-0.39, 0.29) is 29.5 Å². The number of aromatic amines is 1. The average Bonchev–Trinajstić information content (AvgIpc) is 3.46. The number of aromatic nitrogens is 3. The normalized spacial score (nSPS) is 16.1. The lowest BCUT2D eigenvalue weighted by Crippen LogP contribution is -2.42. The third-order valence-corrected chi connectivity index (χ3v) is 6.97. The lowest BCUT2D eigenvalue weighted by Gasteiger charge is -2.21. The molecule has 1 aliphatic rings. The van der Waals surface area contributed by atoms with Crippen LogP contribution in [0.5, 0.6) is 5.75 Å². The number of ether oxygens (including phenoxy) is 1. The molecule has 4 aromatic rings. The van der Waals surface area contributed by atoms with E-state index in [0.29, 0.717) is 54.7 Å². The Balaban J connectivity index is 1.60. The Morgan fingerprint density at radius 1 is 1.26 bits per heavy atom. The zero-order chi connectivity index (χ0) is 27.2. The van der Waals surface area contributed by atoms with E-state index in [9.17, 15) is 20.4 Å². The molecule has 0 fully saturated rings. The number of nitrogens with one attached hydrogen (secondary N) is 2. The second-order valence-corrected chi connectivity index (χ2v) is 9.46. The summed E-state index contributed by atoms with van der Waals surface area (Å²) in [6.07, 6.45) is 0.468. The first-order valence-electron chi connectivity index (χ1n) is 11.3. The predicted molar refractivity (Wildman–Crippen MR) is 139 cm³/mol. The van der Waals surface area contributed by atoms with Crippen LogP contribution in [-0.4, -0.2) is 33.4 Å². The summed E-state index contributed by atoms with van der Waals surface area (Å²) in [6.45, 7) is 0. The molecule has 1 unspecified atom stereocenters. The van der Waals surface area contributed by atoms with Gasteiger partial charge in [0.05, 0.1) is 29.9 Å². The maximum absolute atomic E-state index is 13.4. The van der Waals surface area contributed by atoms with Crippen LogP contribution in [-0.2, 0) is 12.0 Å². The number of imidazole rings is 1. The number of carbonyl (C=O) groups is 1. The van der Waals surface area contributed by atoms with Gasteiger partial charge in [0.1, 0.15) is 16.6 Å². The van der Waals surface area contributed by atoms with Crippen LogP contribution in [0.3, 0.4) is 0 Å². The summed E-state index contributed by atoms with van der Waals surface area (Å²) in [4.78, 5) is 18.3. The van der Waals surface area contributed by atoms with Gasteiger partial charge in [-0.05, 0) is 43.2 Å². The SMILES string of the molecule is COc1c(-c2cc(Cl)ccc2C#N)c[n+]([O-])c2c1CCC2(O)c1nc(-c2ccc(NC(=O)O)cc2)c(Cl)[nH]1. The number of benzene rings is 2. The first-order valence-corrected chi connectivity index (χ1v) is 12.0. The van der Waals surface area contributed by atoms with E-state index in [4.69, 9.17) is 33.0 Å². The molecule has 38 heavy (non-hydrogen) atoms. The zero-order valence-corrected chi connectivity index (χ0v) is 21.3. The highest BCUT2D eigenvalue weighted by atomic mass is 35.5. The van der Waals surface area contributed by atoms with Gasteiger partial charge in [0.2, 0.25) is 11.3 Å². The summed E-state index contributed by atoms with van der Waals surface area (Å²) in [5.74, 6) is 0.421. The number of amides is 1. The monoisotopic (exact) mass is 551 g/mol. The van der Waals surface area contributed by atoms with Gasteiger partial charge >= 0.3 is 6.09 Å². The number of methoxy groups -OCH3 is 1. The molecule has 10 nitrogen and oxygen atoms in total. The Morgan fingerprint density at radius 3 is 2.66 bits per heavy atom. The Bertz CT molecular complexity index is 1630. The molecule has 192 valence electrons. The summed E-state index contributed by atoms with van der Waals surface area (Å²) in [5, 5.41) is 46.4. The zero-order valence-electron chi connectivity index (χ0n) is 19.7. The molecule has 5 rings (SSSR count). The number of anilines is 1. The van der Waals surface area contributed by atoms with Crippen LogP contribution in [0.15, 0.2) is 48.7 Å². The number of nitriles is 1. The highest BCUT2D eigenvalue weighted by Crippen LogP contribution is 2.47. The molecule has 0 spiro atoms. The summed E-state index contributed by atoms with van der Waals surface area (Å²) >= 11 is 12.6. The van der Waals surface area contributed by atoms with E-state index in [1.54, 1.807) is 42.5 Å². The van der Waals surface area contributed by atoms with Gasteiger partial charge in [-0.3, -0.25) is 5.32 Å². The van der Waals surface area contributed by atoms with Gasteiger partial charge in [-0.1, -0.05) is 35.3 Å². The van der Waals surface area contributed by atoms with Crippen molar-refractivity contribution in [3.8, 4) is 34.2 Å². The van der Waals surface area contributed by atoms with Crippen molar-refractivity contribution in [3.63, 3.8) is 0 Å². The van der Waals surface area contributed by atoms with Gasteiger partial charge in [-0.2, -0.15) is 9.99 Å². The van der Waals surface area contributed by atoms with E-state index >= 15 is 0 Å². The first-order chi connectivity index (χ1) is 18.2. The Morgan fingerprint density at radius 2 is 2.00 bits per heavy atom. The molecule has 4 N–H and O–H groups in total. The van der Waals surface area contributed by atoms with E-state index in [1.807, 2.05) is 0 Å². The number of rotatable bonds is 5. The Kier molecular flexibility index (Phi) is 6.36. The van der Waals surface area contributed by atoms with Crippen molar-refractivity contribution in [2.75, 3.05) is 12.4 Å². The summed E-state index contributed by atoms with van der Waals surface area (Å²) in [7, 11) is 1.45. The van der Waals surface area contributed by atoms with E-state index < -0.39 is 11.7 Å². The molecule has 12 heteroatoms. The topological polar surface area (TPSA) is 158 Å². The lowest BCUT2D eigenvalue weighted by atomic mass is 9.96.